The molecule has 0 radical (unpaired) electrons. The number of methoxy groups -OCH3 is 1. The first-order valence-corrected chi connectivity index (χ1v) is 9.25. The number of nitrogen functional groups attached to an aromatic ring is 1. The van der Waals surface area contributed by atoms with Gasteiger partial charge in [0.2, 0.25) is 5.91 Å². The van der Waals surface area contributed by atoms with Gasteiger partial charge in [0.25, 0.3) is 0 Å². The lowest BCUT2D eigenvalue weighted by Crippen LogP contribution is -2.19. The second-order valence-electron chi connectivity index (χ2n) is 6.50. The SMILES string of the molecule is COc1cc(/C=N\NC(=O)Cc2ccc(N)cc2)ccc1OCc1ccccc1F. The number of hydrogen-bond donors (Lipinski definition) is 2. The van der Waals surface area contributed by atoms with Gasteiger partial charge in [-0.15, -0.1) is 0 Å². The number of hydrazone groups is 1. The van der Waals surface area contributed by atoms with Gasteiger partial charge in [0.1, 0.15) is 12.4 Å². The average molecular weight is 407 g/mol. The molecule has 1 amide bonds. The standard InChI is InChI=1S/C23H22FN3O3/c1-29-22-12-17(8-11-21(22)30-15-18-4-2-3-5-20(18)24)14-26-27-23(28)13-16-6-9-19(25)10-7-16/h2-12,14H,13,15,25H2,1H3,(H,27,28)/b26-14-. The highest BCUT2D eigenvalue weighted by Crippen LogP contribution is 2.28. The molecule has 0 saturated carbocycles. The summed E-state index contributed by atoms with van der Waals surface area (Å²) in [6.45, 7) is 0.0810. The summed E-state index contributed by atoms with van der Waals surface area (Å²) in [6, 6.07) is 18.7. The van der Waals surface area contributed by atoms with Crippen molar-refractivity contribution in [2.45, 2.75) is 13.0 Å². The largest absolute Gasteiger partial charge is 0.493 e. The van der Waals surface area contributed by atoms with Crippen molar-refractivity contribution in [2.75, 3.05) is 12.8 Å². The van der Waals surface area contributed by atoms with E-state index in [-0.39, 0.29) is 24.8 Å². The number of nitrogens with two attached hydrogens (primary N) is 1. The molecular weight excluding hydrogens is 385 g/mol. The third kappa shape index (κ3) is 5.81. The van der Waals surface area contributed by atoms with Crippen LogP contribution in [0.4, 0.5) is 10.1 Å². The summed E-state index contributed by atoms with van der Waals surface area (Å²) in [5.41, 5.74) is 10.8. The Labute approximate surface area is 174 Å². The Morgan fingerprint density at radius 1 is 1.10 bits per heavy atom. The van der Waals surface area contributed by atoms with Crippen LogP contribution in [0, 0.1) is 5.82 Å². The van der Waals surface area contributed by atoms with Crippen molar-refractivity contribution >= 4 is 17.8 Å². The van der Waals surface area contributed by atoms with Crippen LogP contribution in [-0.2, 0) is 17.8 Å². The lowest BCUT2D eigenvalue weighted by Gasteiger charge is -2.11. The number of nitrogens with one attached hydrogen (secondary N) is 1. The molecule has 0 fully saturated rings. The molecule has 3 aromatic carbocycles. The number of carbonyl (C=O) groups is 1. The molecule has 0 bridgehead atoms. The van der Waals surface area contributed by atoms with E-state index in [1.165, 1.54) is 19.4 Å². The van der Waals surface area contributed by atoms with Gasteiger partial charge < -0.3 is 15.2 Å². The Bertz CT molecular complexity index is 1040. The van der Waals surface area contributed by atoms with E-state index in [0.29, 0.717) is 28.3 Å². The molecule has 154 valence electrons. The molecule has 3 N–H and O–H groups in total. The molecule has 0 aliphatic carbocycles. The highest BCUT2D eigenvalue weighted by Gasteiger charge is 2.08. The minimum absolute atomic E-state index is 0.0810. The van der Waals surface area contributed by atoms with Crippen LogP contribution < -0.4 is 20.6 Å². The Kier molecular flexibility index (Phi) is 7.00. The normalized spacial score (nSPS) is 10.7. The van der Waals surface area contributed by atoms with Crippen molar-refractivity contribution in [2.24, 2.45) is 5.10 Å². The van der Waals surface area contributed by atoms with Crippen LogP contribution in [0.15, 0.2) is 71.8 Å². The lowest BCUT2D eigenvalue weighted by atomic mass is 10.1. The smallest absolute Gasteiger partial charge is 0.244 e. The van der Waals surface area contributed by atoms with Crippen molar-refractivity contribution < 1.29 is 18.7 Å². The van der Waals surface area contributed by atoms with Crippen LogP contribution in [0.5, 0.6) is 11.5 Å². The second-order valence-corrected chi connectivity index (χ2v) is 6.50. The third-order valence-corrected chi connectivity index (χ3v) is 4.28. The molecule has 0 aromatic heterocycles. The molecule has 0 spiro atoms. The molecule has 0 unspecified atom stereocenters. The lowest BCUT2D eigenvalue weighted by molar-refractivity contribution is -0.120. The molecule has 30 heavy (non-hydrogen) atoms. The van der Waals surface area contributed by atoms with E-state index in [4.69, 9.17) is 15.2 Å². The third-order valence-electron chi connectivity index (χ3n) is 4.28. The molecule has 0 saturated heterocycles. The van der Waals surface area contributed by atoms with Crippen molar-refractivity contribution in [3.8, 4) is 11.5 Å². The predicted molar refractivity (Wildman–Crippen MR) is 114 cm³/mol. The molecule has 3 rings (SSSR count). The van der Waals surface area contributed by atoms with E-state index in [0.717, 1.165) is 5.56 Å². The van der Waals surface area contributed by atoms with Gasteiger partial charge in [-0.25, -0.2) is 9.82 Å². The summed E-state index contributed by atoms with van der Waals surface area (Å²) in [4.78, 5) is 12.0. The number of anilines is 1. The minimum atomic E-state index is -0.324. The summed E-state index contributed by atoms with van der Waals surface area (Å²) >= 11 is 0. The van der Waals surface area contributed by atoms with Crippen molar-refractivity contribution in [1.29, 1.82) is 0 Å². The van der Waals surface area contributed by atoms with E-state index in [2.05, 4.69) is 10.5 Å². The van der Waals surface area contributed by atoms with E-state index < -0.39 is 0 Å². The Balaban J connectivity index is 1.57. The first kappa shape index (κ1) is 20.9. The zero-order valence-corrected chi connectivity index (χ0v) is 16.5. The number of benzene rings is 3. The molecule has 6 nitrogen and oxygen atoms in total. The van der Waals surface area contributed by atoms with Gasteiger partial charge in [-0.05, 0) is 47.5 Å². The molecule has 0 atom stereocenters. The van der Waals surface area contributed by atoms with Crippen LogP contribution in [0.3, 0.4) is 0 Å². The predicted octanol–water partition coefficient (Wildman–Crippen LogP) is 3.69. The van der Waals surface area contributed by atoms with Crippen LogP contribution in [0.2, 0.25) is 0 Å². The van der Waals surface area contributed by atoms with Gasteiger partial charge in [0.15, 0.2) is 11.5 Å². The molecule has 0 aliphatic rings. The summed E-state index contributed by atoms with van der Waals surface area (Å²) < 4.78 is 24.8. The number of halogens is 1. The fraction of sp³-hybridized carbons (Fsp3) is 0.130. The Hall–Kier alpha value is -3.87. The fourth-order valence-corrected chi connectivity index (χ4v) is 2.69. The topological polar surface area (TPSA) is 85.9 Å². The highest BCUT2D eigenvalue weighted by atomic mass is 19.1. The monoisotopic (exact) mass is 407 g/mol. The van der Waals surface area contributed by atoms with E-state index in [1.54, 1.807) is 60.7 Å². The summed E-state index contributed by atoms with van der Waals surface area (Å²) in [7, 11) is 1.51. The first-order chi connectivity index (χ1) is 14.5. The van der Waals surface area contributed by atoms with Gasteiger partial charge >= 0.3 is 0 Å². The minimum Gasteiger partial charge on any atom is -0.493 e. The van der Waals surface area contributed by atoms with E-state index in [1.807, 2.05) is 0 Å². The first-order valence-electron chi connectivity index (χ1n) is 9.25. The number of rotatable bonds is 8. The molecule has 3 aromatic rings. The number of ether oxygens (including phenoxy) is 2. The van der Waals surface area contributed by atoms with Gasteiger partial charge in [-0.1, -0.05) is 30.3 Å². The maximum atomic E-state index is 13.7. The number of carbonyl (C=O) groups excluding carboxylic acids is 1. The quantitative estimate of drug-likeness (QED) is 0.339. The maximum Gasteiger partial charge on any atom is 0.244 e. The van der Waals surface area contributed by atoms with Gasteiger partial charge in [-0.3, -0.25) is 4.79 Å². The maximum absolute atomic E-state index is 13.7. The van der Waals surface area contributed by atoms with E-state index in [9.17, 15) is 9.18 Å². The van der Waals surface area contributed by atoms with Crippen molar-refractivity contribution in [3.05, 3.63) is 89.2 Å². The van der Waals surface area contributed by atoms with Crippen molar-refractivity contribution in [1.82, 2.24) is 5.43 Å². The van der Waals surface area contributed by atoms with Crippen LogP contribution in [0.1, 0.15) is 16.7 Å². The molecule has 0 aliphatic heterocycles. The summed E-state index contributed by atoms with van der Waals surface area (Å²) in [6.07, 6.45) is 1.70. The number of hydrogen-bond acceptors (Lipinski definition) is 5. The van der Waals surface area contributed by atoms with E-state index >= 15 is 0 Å². The molecule has 7 heteroatoms. The fourth-order valence-electron chi connectivity index (χ4n) is 2.69. The van der Waals surface area contributed by atoms with Crippen LogP contribution >= 0.6 is 0 Å². The van der Waals surface area contributed by atoms with Gasteiger partial charge in [0.05, 0.1) is 19.7 Å². The second kappa shape index (κ2) is 10.1. The van der Waals surface area contributed by atoms with Crippen LogP contribution in [0.25, 0.3) is 0 Å². The Morgan fingerprint density at radius 3 is 2.60 bits per heavy atom. The van der Waals surface area contributed by atoms with Gasteiger partial charge in [0, 0.05) is 11.3 Å². The summed E-state index contributed by atoms with van der Waals surface area (Å²) in [5, 5.41) is 3.97. The Morgan fingerprint density at radius 2 is 1.87 bits per heavy atom. The summed E-state index contributed by atoms with van der Waals surface area (Å²) in [5.74, 6) is 0.386. The van der Waals surface area contributed by atoms with Crippen LogP contribution in [-0.4, -0.2) is 19.2 Å². The molecular formula is C23H22FN3O3. The zero-order valence-electron chi connectivity index (χ0n) is 16.5. The zero-order chi connectivity index (χ0) is 21.3. The highest BCUT2D eigenvalue weighted by molar-refractivity contribution is 5.84. The van der Waals surface area contributed by atoms with Crippen molar-refractivity contribution in [3.63, 3.8) is 0 Å². The van der Waals surface area contributed by atoms with Gasteiger partial charge in [-0.2, -0.15) is 5.10 Å². The number of nitrogens with zero attached hydrogens (tertiary/aromatic N) is 1. The molecule has 0 heterocycles. The average Bonchev–Trinajstić information content (AvgIpc) is 2.75. The number of amides is 1.